The number of benzene rings is 2. The van der Waals surface area contributed by atoms with Crippen molar-refractivity contribution < 1.29 is 0 Å². The third-order valence-corrected chi connectivity index (χ3v) is 5.08. The number of nitrogens with zero attached hydrogens (tertiary/aromatic N) is 1. The number of hydrogen-bond acceptors (Lipinski definition) is 3. The Hall–Kier alpha value is -1.00. The highest BCUT2D eigenvalue weighted by atomic mass is 35.5. The second-order valence-electron chi connectivity index (χ2n) is 5.60. The van der Waals surface area contributed by atoms with Gasteiger partial charge in [0.2, 0.25) is 0 Å². The molecule has 1 aliphatic rings. The zero-order valence-electron chi connectivity index (χ0n) is 12.6. The maximum Gasteiger partial charge on any atom is 0.0249 e. The molecule has 2 nitrogen and oxygen atoms in total. The van der Waals surface area contributed by atoms with Gasteiger partial charge in [0, 0.05) is 42.2 Å². The smallest absolute Gasteiger partial charge is 0.0249 e. The van der Waals surface area contributed by atoms with Gasteiger partial charge in [-0.25, -0.2) is 0 Å². The van der Waals surface area contributed by atoms with Crippen molar-refractivity contribution in [2.75, 3.05) is 25.4 Å². The van der Waals surface area contributed by atoms with E-state index >= 15 is 0 Å². The molecule has 1 fully saturated rings. The van der Waals surface area contributed by atoms with Gasteiger partial charge in [-0.1, -0.05) is 48.5 Å². The first-order valence-corrected chi connectivity index (χ1v) is 8.52. The van der Waals surface area contributed by atoms with Gasteiger partial charge >= 0.3 is 0 Å². The van der Waals surface area contributed by atoms with E-state index in [1.54, 1.807) is 0 Å². The van der Waals surface area contributed by atoms with Crippen LogP contribution < -0.4 is 5.73 Å². The summed E-state index contributed by atoms with van der Waals surface area (Å²) < 4.78 is 0. The molecular weight excluding hydrogens is 312 g/mol. The molecule has 2 aromatic rings. The molecule has 0 saturated carbocycles. The van der Waals surface area contributed by atoms with Crippen LogP contribution in [-0.4, -0.2) is 36.3 Å². The van der Waals surface area contributed by atoms with Crippen molar-refractivity contribution in [1.29, 1.82) is 0 Å². The number of thioether (sulfide) groups is 1. The summed E-state index contributed by atoms with van der Waals surface area (Å²) in [6.45, 7) is 3.20. The van der Waals surface area contributed by atoms with Crippen LogP contribution in [0.2, 0.25) is 0 Å². The molecule has 4 heteroatoms. The topological polar surface area (TPSA) is 29.3 Å². The van der Waals surface area contributed by atoms with E-state index in [0.717, 1.165) is 25.4 Å². The highest BCUT2D eigenvalue weighted by Gasteiger charge is 2.30. The van der Waals surface area contributed by atoms with Gasteiger partial charge in [-0.2, -0.15) is 0 Å². The first-order chi connectivity index (χ1) is 10.3. The molecule has 0 aromatic heterocycles. The molecule has 2 N–H and O–H groups in total. The van der Waals surface area contributed by atoms with Gasteiger partial charge in [-0.3, -0.25) is 0 Å². The van der Waals surface area contributed by atoms with Crippen molar-refractivity contribution in [3.63, 3.8) is 0 Å². The Morgan fingerprint density at radius 1 is 0.955 bits per heavy atom. The van der Waals surface area contributed by atoms with E-state index in [1.165, 1.54) is 10.5 Å². The maximum atomic E-state index is 6.34. The Morgan fingerprint density at radius 3 is 2.27 bits per heavy atom. The summed E-state index contributed by atoms with van der Waals surface area (Å²) in [5.74, 6) is 1.60. The van der Waals surface area contributed by atoms with Crippen LogP contribution in [0.15, 0.2) is 65.6 Å². The lowest BCUT2D eigenvalue weighted by atomic mass is 9.95. The summed E-state index contributed by atoms with van der Waals surface area (Å²) in [5, 5.41) is 0. The summed E-state index contributed by atoms with van der Waals surface area (Å²) in [7, 11) is 0. The molecule has 1 heterocycles. The molecule has 3 rings (SSSR count). The molecule has 118 valence electrons. The quantitative estimate of drug-likeness (QED) is 0.847. The van der Waals surface area contributed by atoms with Crippen LogP contribution in [-0.2, 0) is 0 Å². The molecule has 1 saturated heterocycles. The number of hydrogen-bond donors (Lipinski definition) is 1. The first-order valence-electron chi connectivity index (χ1n) is 7.53. The van der Waals surface area contributed by atoms with E-state index < -0.39 is 0 Å². The molecule has 2 aromatic carbocycles. The van der Waals surface area contributed by atoms with Crippen LogP contribution in [0.3, 0.4) is 0 Å². The molecule has 0 unspecified atom stereocenters. The number of halogens is 1. The Labute approximate surface area is 143 Å². The number of nitrogens with two attached hydrogens (primary N) is 1. The third-order valence-electron chi connectivity index (χ3n) is 4.09. The second kappa shape index (κ2) is 8.59. The molecule has 0 spiro atoms. The lowest BCUT2D eigenvalue weighted by Gasteiger charge is -2.15. The van der Waals surface area contributed by atoms with Crippen LogP contribution in [0.1, 0.15) is 11.5 Å². The fourth-order valence-corrected chi connectivity index (χ4v) is 3.89. The zero-order valence-corrected chi connectivity index (χ0v) is 14.2. The Bertz CT molecular complexity index is 550. The normalized spacial score (nSPS) is 21.5. The molecule has 0 amide bonds. The van der Waals surface area contributed by atoms with Crippen LogP contribution in [0, 0.1) is 0 Å². The van der Waals surface area contributed by atoms with E-state index in [-0.39, 0.29) is 18.4 Å². The maximum absolute atomic E-state index is 6.34. The van der Waals surface area contributed by atoms with E-state index in [4.69, 9.17) is 5.73 Å². The Kier molecular flexibility index (Phi) is 6.77. The molecule has 2 atom stereocenters. The molecule has 0 radical (unpaired) electrons. The van der Waals surface area contributed by atoms with Crippen molar-refractivity contribution in [1.82, 2.24) is 4.90 Å². The van der Waals surface area contributed by atoms with Gasteiger partial charge in [0.25, 0.3) is 0 Å². The lowest BCUT2D eigenvalue weighted by Crippen LogP contribution is -2.29. The summed E-state index contributed by atoms with van der Waals surface area (Å²) >= 11 is 1.92. The van der Waals surface area contributed by atoms with Crippen LogP contribution >= 0.6 is 24.2 Å². The van der Waals surface area contributed by atoms with Crippen molar-refractivity contribution in [2.45, 2.75) is 16.9 Å². The molecule has 22 heavy (non-hydrogen) atoms. The van der Waals surface area contributed by atoms with Gasteiger partial charge < -0.3 is 10.6 Å². The molecular formula is C18H23ClN2S. The Morgan fingerprint density at radius 2 is 1.59 bits per heavy atom. The highest BCUT2D eigenvalue weighted by molar-refractivity contribution is 7.99. The highest BCUT2D eigenvalue weighted by Crippen LogP contribution is 2.27. The standard InChI is InChI=1S/C18H22N2S.ClH/c19-18-14-20(11-12-21-16-9-5-2-6-10-16)13-17(18)15-7-3-1-4-8-15;/h1-10,17-18H,11-14,19H2;1H/t17-,18+;/m0./s1. The minimum Gasteiger partial charge on any atom is -0.326 e. The van der Waals surface area contributed by atoms with Crippen LogP contribution in [0.5, 0.6) is 0 Å². The van der Waals surface area contributed by atoms with Gasteiger partial charge in [-0.15, -0.1) is 24.2 Å². The summed E-state index contributed by atoms with van der Waals surface area (Å²) in [6, 6.07) is 21.5. The van der Waals surface area contributed by atoms with E-state index in [2.05, 4.69) is 65.6 Å². The largest absolute Gasteiger partial charge is 0.326 e. The molecule has 0 bridgehead atoms. The zero-order chi connectivity index (χ0) is 14.5. The summed E-state index contributed by atoms with van der Waals surface area (Å²) in [6.07, 6.45) is 0. The van der Waals surface area contributed by atoms with Crippen molar-refractivity contribution in [2.24, 2.45) is 5.73 Å². The number of rotatable bonds is 5. The van der Waals surface area contributed by atoms with Crippen LogP contribution in [0.4, 0.5) is 0 Å². The van der Waals surface area contributed by atoms with E-state index in [9.17, 15) is 0 Å². The molecule has 1 aliphatic heterocycles. The lowest BCUT2D eigenvalue weighted by molar-refractivity contribution is 0.353. The predicted molar refractivity (Wildman–Crippen MR) is 98.0 cm³/mol. The number of likely N-dealkylation sites (tertiary alicyclic amines) is 1. The molecule has 0 aliphatic carbocycles. The van der Waals surface area contributed by atoms with Gasteiger partial charge in [0.05, 0.1) is 0 Å². The van der Waals surface area contributed by atoms with Crippen molar-refractivity contribution in [3.8, 4) is 0 Å². The average molecular weight is 335 g/mol. The monoisotopic (exact) mass is 334 g/mol. The van der Waals surface area contributed by atoms with Crippen molar-refractivity contribution in [3.05, 3.63) is 66.2 Å². The van der Waals surface area contributed by atoms with Crippen LogP contribution in [0.25, 0.3) is 0 Å². The minimum atomic E-state index is 0. The fraction of sp³-hybridized carbons (Fsp3) is 0.333. The van der Waals surface area contributed by atoms with Gasteiger partial charge in [0.1, 0.15) is 0 Å². The van der Waals surface area contributed by atoms with Crippen molar-refractivity contribution >= 4 is 24.2 Å². The summed E-state index contributed by atoms with van der Waals surface area (Å²) in [5.41, 5.74) is 7.71. The second-order valence-corrected chi connectivity index (χ2v) is 6.77. The van der Waals surface area contributed by atoms with Gasteiger partial charge in [0.15, 0.2) is 0 Å². The average Bonchev–Trinajstić information content (AvgIpc) is 2.90. The first kappa shape index (κ1) is 17.4. The third kappa shape index (κ3) is 4.50. The van der Waals surface area contributed by atoms with E-state index in [0.29, 0.717) is 5.92 Å². The minimum absolute atomic E-state index is 0. The Balaban J connectivity index is 0.00000176. The van der Waals surface area contributed by atoms with Gasteiger partial charge in [-0.05, 0) is 17.7 Å². The fourth-order valence-electron chi connectivity index (χ4n) is 2.96. The SMILES string of the molecule is Cl.N[C@@H]1CN(CCSc2ccccc2)C[C@H]1c1ccccc1. The predicted octanol–water partition coefficient (Wildman–Crippen LogP) is 3.63. The van der Waals surface area contributed by atoms with E-state index in [1.807, 2.05) is 11.8 Å². The summed E-state index contributed by atoms with van der Waals surface area (Å²) in [4.78, 5) is 3.85.